The summed E-state index contributed by atoms with van der Waals surface area (Å²) >= 11 is 1.10. The number of halogens is 2. The Bertz CT molecular complexity index is 525. The Labute approximate surface area is 94.9 Å². The van der Waals surface area contributed by atoms with Crippen LogP contribution >= 0.6 is 11.3 Å². The van der Waals surface area contributed by atoms with Gasteiger partial charge in [0.15, 0.2) is 5.01 Å². The number of benzene rings is 1. The lowest BCUT2D eigenvalue weighted by molar-refractivity contribution is 0.583. The topological polar surface area (TPSA) is 51.8 Å². The SMILES string of the molecule is Cc1ccc(F)c(-c2nnc(CN)s2)c1F. The molecule has 2 rings (SSSR count). The van der Waals surface area contributed by atoms with E-state index >= 15 is 0 Å². The number of hydrogen-bond donors (Lipinski definition) is 1. The maximum Gasteiger partial charge on any atom is 0.153 e. The van der Waals surface area contributed by atoms with E-state index < -0.39 is 11.6 Å². The van der Waals surface area contributed by atoms with E-state index in [1.807, 2.05) is 0 Å². The molecule has 2 N–H and O–H groups in total. The van der Waals surface area contributed by atoms with Crippen molar-refractivity contribution in [3.63, 3.8) is 0 Å². The summed E-state index contributed by atoms with van der Waals surface area (Å²) in [4.78, 5) is 0. The molecule has 6 heteroatoms. The van der Waals surface area contributed by atoms with Crippen molar-refractivity contribution in [1.29, 1.82) is 0 Å². The molecular formula is C10H9F2N3S. The fourth-order valence-electron chi connectivity index (χ4n) is 1.29. The molecule has 3 nitrogen and oxygen atoms in total. The molecule has 1 aromatic heterocycles. The molecule has 0 amide bonds. The van der Waals surface area contributed by atoms with Crippen molar-refractivity contribution < 1.29 is 8.78 Å². The highest BCUT2D eigenvalue weighted by molar-refractivity contribution is 7.14. The lowest BCUT2D eigenvalue weighted by Gasteiger charge is -2.02. The molecule has 0 bridgehead atoms. The smallest absolute Gasteiger partial charge is 0.153 e. The minimum absolute atomic E-state index is 0.128. The number of nitrogens with two attached hydrogens (primary N) is 1. The van der Waals surface area contributed by atoms with Crippen LogP contribution in [0.25, 0.3) is 10.6 Å². The third-order valence-corrected chi connectivity index (χ3v) is 3.10. The van der Waals surface area contributed by atoms with E-state index in [2.05, 4.69) is 10.2 Å². The van der Waals surface area contributed by atoms with Gasteiger partial charge in [-0.3, -0.25) is 0 Å². The van der Waals surface area contributed by atoms with Crippen LogP contribution in [0.4, 0.5) is 8.78 Å². The van der Waals surface area contributed by atoms with Crippen LogP contribution in [0.5, 0.6) is 0 Å². The number of aryl methyl sites for hydroxylation is 1. The second-order valence-electron chi connectivity index (χ2n) is 3.26. The molecule has 0 aliphatic rings. The summed E-state index contributed by atoms with van der Waals surface area (Å²) in [5.41, 5.74) is 5.62. The molecule has 84 valence electrons. The molecular weight excluding hydrogens is 232 g/mol. The molecule has 1 aromatic carbocycles. The summed E-state index contributed by atoms with van der Waals surface area (Å²) in [5, 5.41) is 8.23. The molecule has 0 fully saturated rings. The van der Waals surface area contributed by atoms with Crippen LogP contribution in [0.1, 0.15) is 10.6 Å². The van der Waals surface area contributed by atoms with Crippen LogP contribution in [-0.2, 0) is 6.54 Å². The van der Waals surface area contributed by atoms with Gasteiger partial charge in [0.25, 0.3) is 0 Å². The first-order valence-corrected chi connectivity index (χ1v) is 5.42. The normalized spacial score (nSPS) is 10.8. The van der Waals surface area contributed by atoms with Gasteiger partial charge in [0, 0.05) is 6.54 Å². The third kappa shape index (κ3) is 1.81. The summed E-state index contributed by atoms with van der Waals surface area (Å²) in [7, 11) is 0. The highest BCUT2D eigenvalue weighted by Crippen LogP contribution is 2.30. The third-order valence-electron chi connectivity index (χ3n) is 2.14. The quantitative estimate of drug-likeness (QED) is 0.877. The minimum atomic E-state index is -0.636. The molecule has 0 radical (unpaired) electrons. The number of aromatic nitrogens is 2. The van der Waals surface area contributed by atoms with Crippen molar-refractivity contribution in [2.24, 2.45) is 5.73 Å². The van der Waals surface area contributed by atoms with E-state index in [9.17, 15) is 8.78 Å². The van der Waals surface area contributed by atoms with Crippen LogP contribution in [-0.4, -0.2) is 10.2 Å². The molecule has 0 aliphatic carbocycles. The molecule has 0 aliphatic heterocycles. The maximum atomic E-state index is 13.7. The second kappa shape index (κ2) is 4.23. The van der Waals surface area contributed by atoms with E-state index in [4.69, 9.17) is 5.73 Å². The highest BCUT2D eigenvalue weighted by Gasteiger charge is 2.17. The van der Waals surface area contributed by atoms with Gasteiger partial charge in [0.05, 0.1) is 5.56 Å². The van der Waals surface area contributed by atoms with E-state index in [-0.39, 0.29) is 17.1 Å². The van der Waals surface area contributed by atoms with Gasteiger partial charge in [-0.15, -0.1) is 10.2 Å². The predicted molar refractivity (Wildman–Crippen MR) is 57.9 cm³/mol. The van der Waals surface area contributed by atoms with Gasteiger partial charge in [0.2, 0.25) is 0 Å². The van der Waals surface area contributed by atoms with Crippen LogP contribution in [0.2, 0.25) is 0 Å². The van der Waals surface area contributed by atoms with Gasteiger partial charge < -0.3 is 5.73 Å². The second-order valence-corrected chi connectivity index (χ2v) is 4.32. The van der Waals surface area contributed by atoms with Gasteiger partial charge in [-0.1, -0.05) is 17.4 Å². The minimum Gasteiger partial charge on any atom is -0.324 e. The van der Waals surface area contributed by atoms with Gasteiger partial charge in [0.1, 0.15) is 16.6 Å². The van der Waals surface area contributed by atoms with Crippen molar-refractivity contribution in [2.75, 3.05) is 0 Å². The van der Waals surface area contributed by atoms with E-state index in [0.29, 0.717) is 10.6 Å². The molecule has 0 saturated heterocycles. The van der Waals surface area contributed by atoms with E-state index in [1.165, 1.54) is 12.1 Å². The first-order chi connectivity index (χ1) is 7.63. The van der Waals surface area contributed by atoms with Gasteiger partial charge in [-0.05, 0) is 18.6 Å². The average Bonchev–Trinajstić information content (AvgIpc) is 2.73. The Hall–Kier alpha value is -1.40. The van der Waals surface area contributed by atoms with Crippen molar-refractivity contribution in [3.05, 3.63) is 34.3 Å². The predicted octanol–water partition coefficient (Wildman–Crippen LogP) is 2.25. The fraction of sp³-hybridized carbons (Fsp3) is 0.200. The van der Waals surface area contributed by atoms with Crippen molar-refractivity contribution in [2.45, 2.75) is 13.5 Å². The summed E-state index contributed by atoms with van der Waals surface area (Å²) in [6.45, 7) is 1.79. The van der Waals surface area contributed by atoms with Crippen LogP contribution in [0.3, 0.4) is 0 Å². The zero-order valence-corrected chi connectivity index (χ0v) is 9.31. The van der Waals surface area contributed by atoms with Crippen molar-refractivity contribution in [3.8, 4) is 10.6 Å². The Balaban J connectivity index is 2.58. The Kier molecular flexibility index (Phi) is 2.93. The summed E-state index contributed by atoms with van der Waals surface area (Å²) < 4.78 is 27.2. The van der Waals surface area contributed by atoms with Crippen LogP contribution < -0.4 is 5.73 Å². The lowest BCUT2D eigenvalue weighted by Crippen LogP contribution is -1.94. The number of hydrogen-bond acceptors (Lipinski definition) is 4. The summed E-state index contributed by atoms with van der Waals surface area (Å²) in [6.07, 6.45) is 0. The molecule has 2 aromatic rings. The zero-order chi connectivity index (χ0) is 11.7. The zero-order valence-electron chi connectivity index (χ0n) is 8.50. The first-order valence-electron chi connectivity index (χ1n) is 4.61. The molecule has 0 saturated carbocycles. The standard InChI is InChI=1S/C10H9F2N3S/c1-5-2-3-6(11)8(9(5)12)10-15-14-7(4-13)16-10/h2-3H,4,13H2,1H3. The number of rotatable bonds is 2. The Morgan fingerprint density at radius 3 is 2.69 bits per heavy atom. The first kappa shape index (κ1) is 11.1. The summed E-state index contributed by atoms with van der Waals surface area (Å²) in [6, 6.07) is 2.61. The van der Waals surface area contributed by atoms with Crippen molar-refractivity contribution in [1.82, 2.24) is 10.2 Å². The van der Waals surface area contributed by atoms with Gasteiger partial charge in [-0.2, -0.15) is 0 Å². The average molecular weight is 241 g/mol. The molecule has 0 spiro atoms. The molecule has 16 heavy (non-hydrogen) atoms. The Morgan fingerprint density at radius 2 is 2.06 bits per heavy atom. The summed E-state index contributed by atoms with van der Waals surface area (Å²) in [5.74, 6) is -1.23. The molecule has 0 atom stereocenters. The molecule has 0 unspecified atom stereocenters. The van der Waals surface area contributed by atoms with Gasteiger partial charge >= 0.3 is 0 Å². The van der Waals surface area contributed by atoms with Crippen LogP contribution in [0.15, 0.2) is 12.1 Å². The molecule has 1 heterocycles. The van der Waals surface area contributed by atoms with Crippen molar-refractivity contribution >= 4 is 11.3 Å². The Morgan fingerprint density at radius 1 is 1.31 bits per heavy atom. The van der Waals surface area contributed by atoms with Gasteiger partial charge in [-0.25, -0.2) is 8.78 Å². The van der Waals surface area contributed by atoms with E-state index in [1.54, 1.807) is 6.92 Å². The largest absolute Gasteiger partial charge is 0.324 e. The van der Waals surface area contributed by atoms with Crippen LogP contribution in [0, 0.1) is 18.6 Å². The fourth-order valence-corrected chi connectivity index (χ4v) is 2.05. The highest BCUT2D eigenvalue weighted by atomic mass is 32.1. The van der Waals surface area contributed by atoms with E-state index in [0.717, 1.165) is 11.3 Å². The number of nitrogens with zero attached hydrogens (tertiary/aromatic N) is 2. The maximum absolute atomic E-state index is 13.7. The lowest BCUT2D eigenvalue weighted by atomic mass is 10.1. The monoisotopic (exact) mass is 241 g/mol.